The zero-order chi connectivity index (χ0) is 12.1. The topological polar surface area (TPSA) is 36.4 Å². The highest BCUT2D eigenvalue weighted by Gasteiger charge is 2.19. The number of carbonyl (C=O) groups excluding carboxylic acids is 1. The van der Waals surface area contributed by atoms with Crippen LogP contribution in [0.25, 0.3) is 0 Å². The number of nitrogens with zero attached hydrogens (tertiary/aromatic N) is 3. The fourth-order valence-electron chi connectivity index (χ4n) is 2.13. The summed E-state index contributed by atoms with van der Waals surface area (Å²) < 4.78 is 0. The first-order valence-electron chi connectivity index (χ1n) is 6.18. The predicted octanol–water partition coefficient (Wildman–Crippen LogP) is 1.14. The summed E-state index contributed by atoms with van der Waals surface area (Å²) in [6.45, 7) is 6.53. The first-order valence-corrected chi connectivity index (χ1v) is 6.18. The molecule has 0 saturated carbocycles. The lowest BCUT2D eigenvalue weighted by Gasteiger charge is -2.34. The molecule has 1 fully saturated rings. The third kappa shape index (κ3) is 3.27. The Hall–Kier alpha value is -1.42. The molecule has 0 aromatic carbocycles. The van der Waals surface area contributed by atoms with Gasteiger partial charge >= 0.3 is 0 Å². The van der Waals surface area contributed by atoms with Crippen LogP contribution in [0, 0.1) is 0 Å². The fraction of sp³-hybridized carbons (Fsp3) is 0.538. The molecule has 0 atom stereocenters. The van der Waals surface area contributed by atoms with E-state index in [0.29, 0.717) is 6.42 Å². The van der Waals surface area contributed by atoms with Crippen molar-refractivity contribution < 1.29 is 4.79 Å². The number of piperazine rings is 1. The van der Waals surface area contributed by atoms with Crippen LogP contribution in [-0.2, 0) is 11.3 Å². The Bertz CT molecular complexity index is 358. The van der Waals surface area contributed by atoms with Crippen LogP contribution in [0.2, 0.25) is 0 Å². The number of amides is 1. The highest BCUT2D eigenvalue weighted by molar-refractivity contribution is 5.75. The molecule has 17 heavy (non-hydrogen) atoms. The summed E-state index contributed by atoms with van der Waals surface area (Å²) in [5.74, 6) is 0.272. The summed E-state index contributed by atoms with van der Waals surface area (Å²) in [6, 6.07) is 4.09. The summed E-state index contributed by atoms with van der Waals surface area (Å²) >= 11 is 0. The van der Waals surface area contributed by atoms with Gasteiger partial charge in [0.15, 0.2) is 0 Å². The number of aromatic nitrogens is 1. The predicted molar refractivity (Wildman–Crippen MR) is 66.4 cm³/mol. The van der Waals surface area contributed by atoms with Crippen molar-refractivity contribution in [3.8, 4) is 0 Å². The van der Waals surface area contributed by atoms with Crippen LogP contribution < -0.4 is 0 Å². The molecule has 1 amide bonds. The highest BCUT2D eigenvalue weighted by atomic mass is 16.2. The standard InChI is InChI=1S/C13H19N3O/c1-2-13(17)16-9-7-15(8-10-16)11-12-3-5-14-6-4-12/h3-6H,2,7-11H2,1H3. The second kappa shape index (κ2) is 5.77. The molecular formula is C13H19N3O. The molecule has 0 unspecified atom stereocenters. The fourth-order valence-corrected chi connectivity index (χ4v) is 2.13. The van der Waals surface area contributed by atoms with Gasteiger partial charge in [-0.2, -0.15) is 0 Å². The lowest BCUT2D eigenvalue weighted by atomic mass is 10.2. The summed E-state index contributed by atoms with van der Waals surface area (Å²) in [7, 11) is 0. The second-order valence-corrected chi connectivity index (χ2v) is 4.37. The zero-order valence-electron chi connectivity index (χ0n) is 10.3. The minimum Gasteiger partial charge on any atom is -0.340 e. The molecule has 1 aliphatic rings. The van der Waals surface area contributed by atoms with Crippen LogP contribution in [0.15, 0.2) is 24.5 Å². The number of carbonyl (C=O) groups is 1. The van der Waals surface area contributed by atoms with E-state index in [0.717, 1.165) is 32.7 Å². The van der Waals surface area contributed by atoms with Crippen molar-refractivity contribution in [3.05, 3.63) is 30.1 Å². The smallest absolute Gasteiger partial charge is 0.222 e. The van der Waals surface area contributed by atoms with Crippen molar-refractivity contribution in [1.82, 2.24) is 14.8 Å². The quantitative estimate of drug-likeness (QED) is 0.785. The number of hydrogen-bond donors (Lipinski definition) is 0. The first-order chi connectivity index (χ1) is 8.29. The summed E-state index contributed by atoms with van der Waals surface area (Å²) in [4.78, 5) is 19.9. The van der Waals surface area contributed by atoms with Crippen LogP contribution >= 0.6 is 0 Å². The van der Waals surface area contributed by atoms with Gasteiger partial charge in [0.1, 0.15) is 0 Å². The van der Waals surface area contributed by atoms with E-state index in [1.807, 2.05) is 36.4 Å². The Balaban J connectivity index is 1.82. The maximum absolute atomic E-state index is 11.5. The number of rotatable bonds is 3. The maximum atomic E-state index is 11.5. The lowest BCUT2D eigenvalue weighted by molar-refractivity contribution is -0.132. The van der Waals surface area contributed by atoms with Gasteiger partial charge in [-0.25, -0.2) is 0 Å². The average molecular weight is 233 g/mol. The Kier molecular flexibility index (Phi) is 4.09. The van der Waals surface area contributed by atoms with E-state index in [1.54, 1.807) is 0 Å². The zero-order valence-corrected chi connectivity index (χ0v) is 10.3. The van der Waals surface area contributed by atoms with Crippen molar-refractivity contribution in [2.45, 2.75) is 19.9 Å². The van der Waals surface area contributed by atoms with Gasteiger partial charge in [0.05, 0.1) is 0 Å². The molecular weight excluding hydrogens is 214 g/mol. The molecule has 2 rings (SSSR count). The Morgan fingerprint density at radius 1 is 1.24 bits per heavy atom. The average Bonchev–Trinajstić information content (AvgIpc) is 2.40. The van der Waals surface area contributed by atoms with E-state index in [2.05, 4.69) is 9.88 Å². The van der Waals surface area contributed by atoms with Crippen LogP contribution in [0.4, 0.5) is 0 Å². The van der Waals surface area contributed by atoms with Gasteiger partial charge in [0, 0.05) is 51.5 Å². The highest BCUT2D eigenvalue weighted by Crippen LogP contribution is 2.08. The van der Waals surface area contributed by atoms with Gasteiger partial charge in [-0.3, -0.25) is 14.7 Å². The number of hydrogen-bond acceptors (Lipinski definition) is 3. The molecule has 4 nitrogen and oxygen atoms in total. The van der Waals surface area contributed by atoms with E-state index in [9.17, 15) is 4.79 Å². The third-order valence-corrected chi connectivity index (χ3v) is 3.18. The van der Waals surface area contributed by atoms with Gasteiger partial charge < -0.3 is 4.90 Å². The summed E-state index contributed by atoms with van der Waals surface area (Å²) in [6.07, 6.45) is 4.27. The van der Waals surface area contributed by atoms with Crippen molar-refractivity contribution >= 4 is 5.91 Å². The van der Waals surface area contributed by atoms with Crippen LogP contribution in [-0.4, -0.2) is 46.9 Å². The maximum Gasteiger partial charge on any atom is 0.222 e. The summed E-state index contributed by atoms with van der Waals surface area (Å²) in [5.41, 5.74) is 1.29. The van der Waals surface area contributed by atoms with Gasteiger partial charge in [0.2, 0.25) is 5.91 Å². The van der Waals surface area contributed by atoms with Crippen LogP contribution in [0.3, 0.4) is 0 Å². The van der Waals surface area contributed by atoms with E-state index in [-0.39, 0.29) is 5.91 Å². The van der Waals surface area contributed by atoms with E-state index in [1.165, 1.54) is 5.56 Å². The van der Waals surface area contributed by atoms with E-state index < -0.39 is 0 Å². The molecule has 0 aliphatic carbocycles. The Labute approximate surface area is 102 Å². The van der Waals surface area contributed by atoms with Gasteiger partial charge in [-0.1, -0.05) is 6.92 Å². The van der Waals surface area contributed by atoms with Crippen molar-refractivity contribution in [2.75, 3.05) is 26.2 Å². The third-order valence-electron chi connectivity index (χ3n) is 3.18. The van der Waals surface area contributed by atoms with Gasteiger partial charge in [0.25, 0.3) is 0 Å². The van der Waals surface area contributed by atoms with Crippen molar-refractivity contribution in [3.63, 3.8) is 0 Å². The lowest BCUT2D eigenvalue weighted by Crippen LogP contribution is -2.48. The SMILES string of the molecule is CCC(=O)N1CCN(Cc2ccncc2)CC1. The Morgan fingerprint density at radius 3 is 2.47 bits per heavy atom. The molecule has 1 aromatic rings. The Morgan fingerprint density at radius 2 is 1.88 bits per heavy atom. The van der Waals surface area contributed by atoms with Crippen LogP contribution in [0.5, 0.6) is 0 Å². The molecule has 0 spiro atoms. The van der Waals surface area contributed by atoms with Gasteiger partial charge in [-0.05, 0) is 17.7 Å². The van der Waals surface area contributed by atoms with Crippen LogP contribution in [0.1, 0.15) is 18.9 Å². The molecule has 0 N–H and O–H groups in total. The normalized spacial score (nSPS) is 17.1. The molecule has 1 aromatic heterocycles. The minimum absolute atomic E-state index is 0.272. The minimum atomic E-state index is 0.272. The van der Waals surface area contributed by atoms with Crippen molar-refractivity contribution in [1.29, 1.82) is 0 Å². The molecule has 1 saturated heterocycles. The molecule has 92 valence electrons. The molecule has 2 heterocycles. The monoisotopic (exact) mass is 233 g/mol. The number of pyridine rings is 1. The van der Waals surface area contributed by atoms with Gasteiger partial charge in [-0.15, -0.1) is 0 Å². The second-order valence-electron chi connectivity index (χ2n) is 4.37. The molecule has 0 radical (unpaired) electrons. The largest absolute Gasteiger partial charge is 0.340 e. The molecule has 4 heteroatoms. The first kappa shape index (κ1) is 12.0. The summed E-state index contributed by atoms with van der Waals surface area (Å²) in [5, 5.41) is 0. The molecule has 0 bridgehead atoms. The van der Waals surface area contributed by atoms with E-state index in [4.69, 9.17) is 0 Å². The van der Waals surface area contributed by atoms with E-state index >= 15 is 0 Å². The molecule has 1 aliphatic heterocycles. The van der Waals surface area contributed by atoms with Crippen molar-refractivity contribution in [2.24, 2.45) is 0 Å².